The Kier molecular flexibility index (Phi) is 6.70. The van der Waals surface area contributed by atoms with Gasteiger partial charge in [-0.3, -0.25) is 4.79 Å². The summed E-state index contributed by atoms with van der Waals surface area (Å²) in [5.74, 6) is 0.835. The molecule has 1 saturated carbocycles. The van der Waals surface area contributed by atoms with Gasteiger partial charge in [0.15, 0.2) is 11.5 Å². The van der Waals surface area contributed by atoms with Crippen molar-refractivity contribution in [3.63, 3.8) is 0 Å². The number of rotatable bonds is 9. The number of hydrogen-bond donors (Lipinski definition) is 4. The molecule has 36 heavy (non-hydrogen) atoms. The second kappa shape index (κ2) is 10.1. The molecule has 13 heteroatoms. The van der Waals surface area contributed by atoms with E-state index < -0.39 is 0 Å². The minimum Gasteiger partial charge on any atom is -0.375 e. The number of halogens is 1. The van der Waals surface area contributed by atoms with E-state index >= 15 is 0 Å². The van der Waals surface area contributed by atoms with Crippen molar-refractivity contribution in [2.45, 2.75) is 18.9 Å². The number of amides is 1. The Balaban J connectivity index is 1.44. The van der Waals surface area contributed by atoms with E-state index in [-0.39, 0.29) is 18.5 Å². The first-order valence-electron chi connectivity index (χ1n) is 11.7. The third-order valence-electron chi connectivity index (χ3n) is 6.18. The van der Waals surface area contributed by atoms with Gasteiger partial charge < -0.3 is 36.0 Å². The van der Waals surface area contributed by atoms with Crippen LogP contribution in [-0.4, -0.2) is 88.8 Å². The van der Waals surface area contributed by atoms with Crippen LogP contribution in [0.5, 0.6) is 0 Å². The molecule has 2 fully saturated rings. The highest BCUT2D eigenvalue weighted by Crippen LogP contribution is 2.36. The number of carbonyl (C=O) groups is 1. The number of benzene rings is 1. The van der Waals surface area contributed by atoms with E-state index in [0.29, 0.717) is 65.7 Å². The van der Waals surface area contributed by atoms with Crippen molar-refractivity contribution >= 4 is 58.7 Å². The fourth-order valence-electron chi connectivity index (χ4n) is 4.13. The molecule has 3 heterocycles. The van der Waals surface area contributed by atoms with Crippen LogP contribution < -0.4 is 15.5 Å². The zero-order valence-electron chi connectivity index (χ0n) is 19.8. The maximum atomic E-state index is 12.2. The Labute approximate surface area is 212 Å². The molecule has 2 aromatic heterocycles. The van der Waals surface area contributed by atoms with Crippen molar-refractivity contribution < 1.29 is 9.53 Å². The molecular formula is C23H27ClN10O2. The van der Waals surface area contributed by atoms with Gasteiger partial charge in [0.1, 0.15) is 12.3 Å². The lowest BCUT2D eigenvalue weighted by Gasteiger charge is -2.36. The first-order valence-corrected chi connectivity index (χ1v) is 12.0. The Morgan fingerprint density at radius 2 is 2.00 bits per heavy atom. The molecule has 2 aliphatic rings. The van der Waals surface area contributed by atoms with E-state index in [1.807, 2.05) is 6.07 Å². The van der Waals surface area contributed by atoms with Crippen LogP contribution in [0.2, 0.25) is 5.02 Å². The number of imidazole rings is 1. The highest BCUT2D eigenvalue weighted by Gasteiger charge is 2.26. The lowest BCUT2D eigenvalue weighted by molar-refractivity contribution is -0.135. The van der Waals surface area contributed by atoms with Gasteiger partial charge in [-0.2, -0.15) is 4.98 Å². The van der Waals surface area contributed by atoms with E-state index in [1.54, 1.807) is 21.7 Å². The average molecular weight is 511 g/mol. The third kappa shape index (κ3) is 4.82. The largest absolute Gasteiger partial charge is 0.375 e. The summed E-state index contributed by atoms with van der Waals surface area (Å²) in [5.41, 5.74) is 3.05. The summed E-state index contributed by atoms with van der Waals surface area (Å²) in [6, 6.07) is 3.98. The first kappa shape index (κ1) is 23.9. The van der Waals surface area contributed by atoms with Gasteiger partial charge in [0.25, 0.3) is 0 Å². The van der Waals surface area contributed by atoms with Crippen LogP contribution in [0, 0.1) is 10.8 Å². The van der Waals surface area contributed by atoms with Crippen molar-refractivity contribution in [1.29, 1.82) is 10.8 Å². The lowest BCUT2D eigenvalue weighted by atomic mass is 10.1. The molecule has 188 valence electrons. The molecule has 5 rings (SSSR count). The van der Waals surface area contributed by atoms with Crippen LogP contribution in [0.25, 0.3) is 5.65 Å². The molecule has 1 aromatic carbocycles. The minimum atomic E-state index is -0.0363. The fourth-order valence-corrected chi connectivity index (χ4v) is 4.41. The van der Waals surface area contributed by atoms with Gasteiger partial charge in [0, 0.05) is 51.8 Å². The van der Waals surface area contributed by atoms with Crippen molar-refractivity contribution in [3.8, 4) is 0 Å². The van der Waals surface area contributed by atoms with E-state index in [9.17, 15) is 4.79 Å². The van der Waals surface area contributed by atoms with Crippen LogP contribution in [0.1, 0.15) is 24.1 Å². The predicted molar refractivity (Wildman–Crippen MR) is 139 cm³/mol. The van der Waals surface area contributed by atoms with Gasteiger partial charge in [0.2, 0.25) is 11.9 Å². The smallest absolute Gasteiger partial charge is 0.248 e. The number of anilines is 4. The molecular weight excluding hydrogens is 484 g/mol. The van der Waals surface area contributed by atoms with E-state index in [0.717, 1.165) is 18.5 Å². The molecule has 0 radical (unpaired) electrons. The standard InChI is InChI=1S/C23H27ClN10O2/c1-36-13-19(35)33-6-4-32(5-7-33)18-9-14(10-25)8-17(20(18)24)29-23-30-21(28-15-2-3-15)22-27-12-16(11-26)34(22)31-23/h8-12,15,25-26H,2-7,13H2,1H3,(H2,28,29,30,31). The molecule has 0 unspecified atom stereocenters. The number of fused-ring (bicyclic) bond motifs is 1. The number of nitrogens with one attached hydrogen (secondary N) is 4. The predicted octanol–water partition coefficient (Wildman–Crippen LogP) is 2.39. The molecule has 1 saturated heterocycles. The molecule has 0 atom stereocenters. The fraction of sp³-hybridized carbons (Fsp3) is 0.391. The topological polar surface area (TPSA) is 148 Å². The Hall–Kier alpha value is -3.77. The van der Waals surface area contributed by atoms with Crippen LogP contribution in [0.3, 0.4) is 0 Å². The molecule has 1 aliphatic heterocycles. The maximum Gasteiger partial charge on any atom is 0.248 e. The van der Waals surface area contributed by atoms with Gasteiger partial charge in [0.05, 0.1) is 22.6 Å². The van der Waals surface area contributed by atoms with Crippen molar-refractivity contribution in [1.82, 2.24) is 24.5 Å². The van der Waals surface area contributed by atoms with Gasteiger partial charge in [-0.25, -0.2) is 9.50 Å². The van der Waals surface area contributed by atoms with E-state index in [4.69, 9.17) is 27.2 Å². The highest BCUT2D eigenvalue weighted by atomic mass is 35.5. The first-order chi connectivity index (χ1) is 17.5. The number of carbonyl (C=O) groups excluding carboxylic acids is 1. The van der Waals surface area contributed by atoms with Crippen LogP contribution in [0.4, 0.5) is 23.1 Å². The average Bonchev–Trinajstić information content (AvgIpc) is 3.61. The number of ether oxygens (including phenoxy) is 1. The quantitative estimate of drug-likeness (QED) is 0.321. The van der Waals surface area contributed by atoms with Gasteiger partial charge in [-0.15, -0.1) is 5.10 Å². The van der Waals surface area contributed by atoms with Crippen LogP contribution in [-0.2, 0) is 9.53 Å². The van der Waals surface area contributed by atoms with Crippen molar-refractivity contribution in [3.05, 3.63) is 34.6 Å². The summed E-state index contributed by atoms with van der Waals surface area (Å²) in [6.45, 7) is 2.38. The second-order valence-electron chi connectivity index (χ2n) is 8.74. The van der Waals surface area contributed by atoms with Gasteiger partial charge in [-0.05, 0) is 30.5 Å². The highest BCUT2D eigenvalue weighted by molar-refractivity contribution is 6.36. The SMILES string of the molecule is COCC(=O)N1CCN(c2cc(C=N)cc(Nc3nc(NC4CC4)c4ncc(C=N)n4n3)c2Cl)CC1. The summed E-state index contributed by atoms with van der Waals surface area (Å²) < 4.78 is 6.53. The van der Waals surface area contributed by atoms with Crippen LogP contribution >= 0.6 is 11.6 Å². The van der Waals surface area contributed by atoms with Crippen molar-refractivity contribution in [2.75, 3.05) is 55.4 Å². The molecule has 3 aromatic rings. The Bertz CT molecular complexity index is 1310. The van der Waals surface area contributed by atoms with Gasteiger partial charge >= 0.3 is 0 Å². The molecule has 1 aliphatic carbocycles. The number of hydrogen-bond acceptors (Lipinski definition) is 10. The summed E-state index contributed by atoms with van der Waals surface area (Å²) in [5, 5.41) is 27.1. The summed E-state index contributed by atoms with van der Waals surface area (Å²) in [6.07, 6.45) is 6.17. The Morgan fingerprint density at radius 3 is 2.67 bits per heavy atom. The number of piperazine rings is 1. The molecule has 1 amide bonds. The van der Waals surface area contributed by atoms with E-state index in [1.165, 1.54) is 19.5 Å². The molecule has 0 bridgehead atoms. The minimum absolute atomic E-state index is 0.0363. The van der Waals surface area contributed by atoms with E-state index in [2.05, 4.69) is 30.6 Å². The van der Waals surface area contributed by atoms with Crippen molar-refractivity contribution in [2.24, 2.45) is 0 Å². The zero-order chi connectivity index (χ0) is 25.2. The summed E-state index contributed by atoms with van der Waals surface area (Å²) in [4.78, 5) is 25.0. The van der Waals surface area contributed by atoms with Crippen LogP contribution in [0.15, 0.2) is 18.3 Å². The third-order valence-corrected chi connectivity index (χ3v) is 6.58. The summed E-state index contributed by atoms with van der Waals surface area (Å²) in [7, 11) is 1.51. The second-order valence-corrected chi connectivity index (χ2v) is 9.12. The molecule has 4 N–H and O–H groups in total. The monoisotopic (exact) mass is 510 g/mol. The normalized spacial score (nSPS) is 15.7. The number of methoxy groups -OCH3 is 1. The molecule has 0 spiro atoms. The molecule has 12 nitrogen and oxygen atoms in total. The van der Waals surface area contributed by atoms with Gasteiger partial charge in [-0.1, -0.05) is 11.6 Å². The lowest BCUT2D eigenvalue weighted by Crippen LogP contribution is -2.49. The Morgan fingerprint density at radius 1 is 1.22 bits per heavy atom. The zero-order valence-corrected chi connectivity index (χ0v) is 20.5. The number of aromatic nitrogens is 4. The maximum absolute atomic E-state index is 12.2. The summed E-state index contributed by atoms with van der Waals surface area (Å²) >= 11 is 6.85. The number of nitrogens with zero attached hydrogens (tertiary/aromatic N) is 6.